The van der Waals surface area contributed by atoms with Gasteiger partial charge in [0.05, 0.1) is 12.7 Å². The van der Waals surface area contributed by atoms with E-state index in [-0.39, 0.29) is 5.41 Å². The first-order valence-corrected chi connectivity index (χ1v) is 7.58. The average molecular weight is 276 g/mol. The minimum absolute atomic E-state index is 0.135. The third-order valence-electron chi connectivity index (χ3n) is 4.28. The highest BCUT2D eigenvalue weighted by Gasteiger charge is 2.26. The molecule has 1 N–H and O–H groups in total. The lowest BCUT2D eigenvalue weighted by atomic mass is 9.84. The predicted molar refractivity (Wildman–Crippen MR) is 84.2 cm³/mol. The lowest BCUT2D eigenvalue weighted by molar-refractivity contribution is -0.0358. The van der Waals surface area contributed by atoms with Crippen LogP contribution < -0.4 is 5.32 Å². The van der Waals surface area contributed by atoms with Crippen molar-refractivity contribution in [1.29, 1.82) is 0 Å². The van der Waals surface area contributed by atoms with Gasteiger partial charge in [0, 0.05) is 31.1 Å². The van der Waals surface area contributed by atoms with Crippen molar-refractivity contribution in [1.82, 2.24) is 10.2 Å². The summed E-state index contributed by atoms with van der Waals surface area (Å²) in [4.78, 5) is 2.34. The summed E-state index contributed by atoms with van der Waals surface area (Å²) in [5.41, 5.74) is 1.51. The largest absolute Gasteiger partial charge is 0.374 e. The highest BCUT2D eigenvalue weighted by atomic mass is 16.5. The fourth-order valence-corrected chi connectivity index (χ4v) is 2.65. The molecular weight excluding hydrogens is 248 g/mol. The third-order valence-corrected chi connectivity index (χ3v) is 4.28. The second-order valence-corrected chi connectivity index (χ2v) is 6.59. The average Bonchev–Trinajstić information content (AvgIpc) is 2.46. The Morgan fingerprint density at radius 3 is 2.70 bits per heavy atom. The van der Waals surface area contributed by atoms with E-state index in [1.807, 2.05) is 0 Å². The molecule has 0 spiro atoms. The van der Waals surface area contributed by atoms with Gasteiger partial charge in [-0.3, -0.25) is 0 Å². The van der Waals surface area contributed by atoms with E-state index >= 15 is 0 Å². The smallest absolute Gasteiger partial charge is 0.0852 e. The summed E-state index contributed by atoms with van der Waals surface area (Å²) in [7, 11) is 2.16. The van der Waals surface area contributed by atoms with Crippen LogP contribution in [0.4, 0.5) is 0 Å². The molecule has 3 nitrogen and oxygen atoms in total. The molecule has 1 heterocycles. The number of ether oxygens (including phenoxy) is 1. The van der Waals surface area contributed by atoms with E-state index < -0.39 is 0 Å². The van der Waals surface area contributed by atoms with Gasteiger partial charge in [0.25, 0.3) is 0 Å². The van der Waals surface area contributed by atoms with E-state index in [9.17, 15) is 0 Å². The SMILES string of the molecule is CC(NCC(C)(C)c1ccccc1)C1CN(C)CCO1. The number of likely N-dealkylation sites (N-methyl/N-ethyl adjacent to an activating group) is 1. The van der Waals surface area contributed by atoms with E-state index in [0.717, 1.165) is 26.2 Å². The summed E-state index contributed by atoms with van der Waals surface area (Å²) in [6, 6.07) is 11.1. The summed E-state index contributed by atoms with van der Waals surface area (Å²) in [5.74, 6) is 0. The van der Waals surface area contributed by atoms with Crippen molar-refractivity contribution in [3.05, 3.63) is 35.9 Å². The zero-order valence-corrected chi connectivity index (χ0v) is 13.2. The molecule has 0 aliphatic carbocycles. The molecule has 1 aromatic rings. The molecule has 2 atom stereocenters. The van der Waals surface area contributed by atoms with E-state index in [0.29, 0.717) is 12.1 Å². The molecule has 1 aliphatic heterocycles. The Hall–Kier alpha value is -0.900. The number of nitrogens with one attached hydrogen (secondary N) is 1. The van der Waals surface area contributed by atoms with Gasteiger partial charge in [-0.15, -0.1) is 0 Å². The van der Waals surface area contributed by atoms with Crippen LogP contribution in [0.3, 0.4) is 0 Å². The maximum absolute atomic E-state index is 5.88. The van der Waals surface area contributed by atoms with Gasteiger partial charge in [-0.2, -0.15) is 0 Å². The van der Waals surface area contributed by atoms with Crippen molar-refractivity contribution in [2.24, 2.45) is 0 Å². The minimum atomic E-state index is 0.135. The summed E-state index contributed by atoms with van der Waals surface area (Å²) >= 11 is 0. The first-order valence-electron chi connectivity index (χ1n) is 7.58. The fourth-order valence-electron chi connectivity index (χ4n) is 2.65. The van der Waals surface area contributed by atoms with Crippen molar-refractivity contribution in [2.45, 2.75) is 38.3 Å². The zero-order chi connectivity index (χ0) is 14.6. The van der Waals surface area contributed by atoms with Crippen LogP contribution in [-0.2, 0) is 10.2 Å². The maximum atomic E-state index is 5.88. The number of benzene rings is 1. The fraction of sp³-hybridized carbons (Fsp3) is 0.647. The van der Waals surface area contributed by atoms with Gasteiger partial charge >= 0.3 is 0 Å². The molecule has 0 radical (unpaired) electrons. The van der Waals surface area contributed by atoms with Gasteiger partial charge in [0.15, 0.2) is 0 Å². The van der Waals surface area contributed by atoms with Crippen molar-refractivity contribution < 1.29 is 4.74 Å². The highest BCUT2D eigenvalue weighted by molar-refractivity contribution is 5.23. The summed E-state index contributed by atoms with van der Waals surface area (Å²) < 4.78 is 5.88. The van der Waals surface area contributed by atoms with Gasteiger partial charge in [0.2, 0.25) is 0 Å². The molecular formula is C17H28N2O. The van der Waals surface area contributed by atoms with Crippen LogP contribution in [0.25, 0.3) is 0 Å². The van der Waals surface area contributed by atoms with Gasteiger partial charge in [-0.1, -0.05) is 44.2 Å². The van der Waals surface area contributed by atoms with E-state index in [1.54, 1.807) is 0 Å². The van der Waals surface area contributed by atoms with Crippen LogP contribution in [0, 0.1) is 0 Å². The normalized spacial score (nSPS) is 22.7. The number of morpholine rings is 1. The van der Waals surface area contributed by atoms with Crippen molar-refractivity contribution in [3.63, 3.8) is 0 Å². The number of hydrogen-bond donors (Lipinski definition) is 1. The Bertz CT molecular complexity index is 405. The highest BCUT2D eigenvalue weighted by Crippen LogP contribution is 2.22. The second-order valence-electron chi connectivity index (χ2n) is 6.59. The van der Waals surface area contributed by atoms with Crippen molar-refractivity contribution >= 4 is 0 Å². The summed E-state index contributed by atoms with van der Waals surface area (Å²) in [5, 5.41) is 3.66. The van der Waals surface area contributed by atoms with E-state index in [4.69, 9.17) is 4.74 Å². The van der Waals surface area contributed by atoms with Gasteiger partial charge in [0.1, 0.15) is 0 Å². The molecule has 1 fully saturated rings. The number of rotatable bonds is 5. The molecule has 0 aromatic heterocycles. The minimum Gasteiger partial charge on any atom is -0.374 e. The van der Waals surface area contributed by atoms with Crippen molar-refractivity contribution in [2.75, 3.05) is 33.3 Å². The Balaban J connectivity index is 1.87. The lowest BCUT2D eigenvalue weighted by Gasteiger charge is -2.36. The van der Waals surface area contributed by atoms with E-state index in [2.05, 4.69) is 68.4 Å². The quantitative estimate of drug-likeness (QED) is 0.893. The molecule has 112 valence electrons. The zero-order valence-electron chi connectivity index (χ0n) is 13.2. The Morgan fingerprint density at radius 2 is 2.05 bits per heavy atom. The van der Waals surface area contributed by atoms with Gasteiger partial charge in [-0.05, 0) is 19.5 Å². The number of hydrogen-bond acceptors (Lipinski definition) is 3. The molecule has 0 amide bonds. The number of nitrogens with zero attached hydrogens (tertiary/aromatic N) is 1. The van der Waals surface area contributed by atoms with Crippen molar-refractivity contribution in [3.8, 4) is 0 Å². The van der Waals surface area contributed by atoms with Crippen LogP contribution in [-0.4, -0.2) is 50.3 Å². The monoisotopic (exact) mass is 276 g/mol. The molecule has 1 aromatic carbocycles. The second kappa shape index (κ2) is 6.70. The topological polar surface area (TPSA) is 24.5 Å². The van der Waals surface area contributed by atoms with Gasteiger partial charge < -0.3 is 15.0 Å². The van der Waals surface area contributed by atoms with Gasteiger partial charge in [-0.25, -0.2) is 0 Å². The molecule has 1 saturated heterocycles. The summed E-state index contributed by atoms with van der Waals surface area (Å²) in [6.45, 7) is 10.7. The first-order chi connectivity index (χ1) is 9.49. The third kappa shape index (κ3) is 4.05. The summed E-state index contributed by atoms with van der Waals surface area (Å²) in [6.07, 6.45) is 0.292. The lowest BCUT2D eigenvalue weighted by Crippen LogP contribution is -2.51. The Labute approximate surface area is 123 Å². The van der Waals surface area contributed by atoms with Crippen LogP contribution in [0.15, 0.2) is 30.3 Å². The standard InChI is InChI=1S/C17H28N2O/c1-14(16-12-19(4)10-11-20-16)18-13-17(2,3)15-8-6-5-7-9-15/h5-9,14,16,18H,10-13H2,1-4H3. The predicted octanol–water partition coefficient (Wildman–Crippen LogP) is 2.27. The Morgan fingerprint density at radius 1 is 1.35 bits per heavy atom. The molecule has 20 heavy (non-hydrogen) atoms. The molecule has 2 unspecified atom stereocenters. The molecule has 0 saturated carbocycles. The molecule has 0 bridgehead atoms. The van der Waals surface area contributed by atoms with Crippen LogP contribution in [0.1, 0.15) is 26.3 Å². The molecule has 3 heteroatoms. The maximum Gasteiger partial charge on any atom is 0.0852 e. The van der Waals surface area contributed by atoms with Crippen LogP contribution in [0.2, 0.25) is 0 Å². The molecule has 1 aliphatic rings. The van der Waals surface area contributed by atoms with E-state index in [1.165, 1.54) is 5.56 Å². The van der Waals surface area contributed by atoms with Crippen LogP contribution in [0.5, 0.6) is 0 Å². The Kier molecular flexibility index (Phi) is 5.19. The van der Waals surface area contributed by atoms with Crippen LogP contribution >= 0.6 is 0 Å². The molecule has 2 rings (SSSR count). The first kappa shape index (κ1) is 15.5.